The quantitative estimate of drug-likeness (QED) is 0.781. The van der Waals surface area contributed by atoms with E-state index in [-0.39, 0.29) is 12.4 Å². The van der Waals surface area contributed by atoms with E-state index in [1.54, 1.807) is 12.1 Å². The van der Waals surface area contributed by atoms with Crippen LogP contribution in [0.15, 0.2) is 24.3 Å². The first-order valence-corrected chi connectivity index (χ1v) is 6.41. The Morgan fingerprint density at radius 3 is 2.50 bits per heavy atom. The summed E-state index contributed by atoms with van der Waals surface area (Å²) in [5.74, 6) is -0.226. The molecule has 102 valence electrons. The van der Waals surface area contributed by atoms with Crippen molar-refractivity contribution in [1.29, 1.82) is 0 Å². The van der Waals surface area contributed by atoms with Gasteiger partial charge in [-0.2, -0.15) is 0 Å². The van der Waals surface area contributed by atoms with Gasteiger partial charge in [-0.1, -0.05) is 19.1 Å². The zero-order chi connectivity index (χ0) is 13.6. The largest absolute Gasteiger partial charge is 0.394 e. The number of aliphatic hydroxyl groups is 1. The maximum Gasteiger partial charge on any atom is 0.146 e. The third kappa shape index (κ3) is 3.68. The highest BCUT2D eigenvalue weighted by Gasteiger charge is 2.25. The second-order valence-corrected chi connectivity index (χ2v) is 4.71. The Kier molecular flexibility index (Phi) is 5.56. The van der Waals surface area contributed by atoms with E-state index < -0.39 is 5.54 Å². The fourth-order valence-corrected chi connectivity index (χ4v) is 2.09. The summed E-state index contributed by atoms with van der Waals surface area (Å²) in [5.41, 5.74) is 0.158. The van der Waals surface area contributed by atoms with Crippen molar-refractivity contribution < 1.29 is 9.50 Å². The van der Waals surface area contributed by atoms with Gasteiger partial charge in [-0.05, 0) is 32.5 Å². The number of benzene rings is 1. The van der Waals surface area contributed by atoms with Crippen molar-refractivity contribution in [2.75, 3.05) is 31.1 Å². The standard InChI is InChI=1S/C14H23FN2O/c1-4-16-14(3,11-18)10-17(5-2)13-9-7-6-8-12(13)15/h6-9,16,18H,4-5,10-11H2,1-3H3. The first-order chi connectivity index (χ1) is 8.56. The van der Waals surface area contributed by atoms with Crippen molar-refractivity contribution >= 4 is 5.69 Å². The molecule has 0 aromatic heterocycles. The van der Waals surface area contributed by atoms with Crippen LogP contribution in [0.25, 0.3) is 0 Å². The molecule has 0 radical (unpaired) electrons. The third-order valence-corrected chi connectivity index (χ3v) is 3.07. The van der Waals surface area contributed by atoms with E-state index in [0.29, 0.717) is 18.8 Å². The number of aliphatic hydroxyl groups excluding tert-OH is 1. The van der Waals surface area contributed by atoms with Crippen molar-refractivity contribution in [2.24, 2.45) is 0 Å². The van der Waals surface area contributed by atoms with Crippen molar-refractivity contribution in [3.05, 3.63) is 30.1 Å². The monoisotopic (exact) mass is 254 g/mol. The van der Waals surface area contributed by atoms with Crippen LogP contribution >= 0.6 is 0 Å². The number of hydrogen-bond acceptors (Lipinski definition) is 3. The predicted molar refractivity (Wildman–Crippen MR) is 73.5 cm³/mol. The average Bonchev–Trinajstić information content (AvgIpc) is 2.37. The van der Waals surface area contributed by atoms with Gasteiger partial charge in [-0.25, -0.2) is 4.39 Å². The van der Waals surface area contributed by atoms with Gasteiger partial charge in [-0.3, -0.25) is 0 Å². The third-order valence-electron chi connectivity index (χ3n) is 3.07. The van der Waals surface area contributed by atoms with Crippen LogP contribution < -0.4 is 10.2 Å². The lowest BCUT2D eigenvalue weighted by atomic mass is 10.0. The summed E-state index contributed by atoms with van der Waals surface area (Å²) >= 11 is 0. The minimum atomic E-state index is -0.424. The van der Waals surface area contributed by atoms with Gasteiger partial charge in [0.1, 0.15) is 5.82 Å². The van der Waals surface area contributed by atoms with Crippen molar-refractivity contribution in [3.8, 4) is 0 Å². The molecule has 0 saturated carbocycles. The Morgan fingerprint density at radius 2 is 2.00 bits per heavy atom. The van der Waals surface area contributed by atoms with Crippen LogP contribution in [0.5, 0.6) is 0 Å². The molecule has 1 aromatic rings. The second kappa shape index (κ2) is 6.71. The smallest absolute Gasteiger partial charge is 0.146 e. The minimum absolute atomic E-state index is 0.0196. The van der Waals surface area contributed by atoms with Gasteiger partial charge in [0.25, 0.3) is 0 Å². The first-order valence-electron chi connectivity index (χ1n) is 6.41. The van der Waals surface area contributed by atoms with Gasteiger partial charge in [0.2, 0.25) is 0 Å². The lowest BCUT2D eigenvalue weighted by molar-refractivity contribution is 0.180. The number of para-hydroxylation sites is 1. The van der Waals surface area contributed by atoms with Crippen LogP contribution in [0.4, 0.5) is 10.1 Å². The molecule has 0 spiro atoms. The van der Waals surface area contributed by atoms with Gasteiger partial charge in [0.05, 0.1) is 17.8 Å². The van der Waals surface area contributed by atoms with Crippen LogP contribution in [0, 0.1) is 5.82 Å². The number of likely N-dealkylation sites (N-methyl/N-ethyl adjacent to an activating group) is 2. The summed E-state index contributed by atoms with van der Waals surface area (Å²) in [7, 11) is 0. The molecule has 0 aliphatic heterocycles. The number of anilines is 1. The molecule has 2 N–H and O–H groups in total. The second-order valence-electron chi connectivity index (χ2n) is 4.71. The molecule has 0 saturated heterocycles. The fraction of sp³-hybridized carbons (Fsp3) is 0.571. The molecule has 0 aliphatic rings. The molecule has 0 bridgehead atoms. The molecule has 1 rings (SSSR count). The van der Waals surface area contributed by atoms with E-state index >= 15 is 0 Å². The van der Waals surface area contributed by atoms with Crippen molar-refractivity contribution in [1.82, 2.24) is 5.32 Å². The molecule has 0 amide bonds. The van der Waals surface area contributed by atoms with E-state index in [1.165, 1.54) is 6.07 Å². The van der Waals surface area contributed by atoms with Gasteiger partial charge in [0.15, 0.2) is 0 Å². The normalized spacial score (nSPS) is 14.3. The van der Waals surface area contributed by atoms with E-state index in [0.717, 1.165) is 6.54 Å². The number of halogens is 1. The molecule has 3 nitrogen and oxygen atoms in total. The number of hydrogen-bond donors (Lipinski definition) is 2. The van der Waals surface area contributed by atoms with Crippen LogP contribution in [0.2, 0.25) is 0 Å². The highest BCUT2D eigenvalue weighted by molar-refractivity contribution is 5.47. The molecule has 18 heavy (non-hydrogen) atoms. The summed E-state index contributed by atoms with van der Waals surface area (Å²) in [6.07, 6.45) is 0. The number of nitrogens with one attached hydrogen (secondary N) is 1. The Bertz CT molecular complexity index is 373. The number of nitrogens with zero attached hydrogens (tertiary/aromatic N) is 1. The van der Waals surface area contributed by atoms with E-state index in [9.17, 15) is 9.50 Å². The van der Waals surface area contributed by atoms with E-state index in [2.05, 4.69) is 5.32 Å². The van der Waals surface area contributed by atoms with Crippen LogP contribution in [0.3, 0.4) is 0 Å². The van der Waals surface area contributed by atoms with Gasteiger partial charge in [0, 0.05) is 13.1 Å². The average molecular weight is 254 g/mol. The fourth-order valence-electron chi connectivity index (χ4n) is 2.09. The Morgan fingerprint density at radius 1 is 1.33 bits per heavy atom. The summed E-state index contributed by atoms with van der Waals surface area (Å²) in [6.45, 7) is 7.97. The molecule has 0 fully saturated rings. The zero-order valence-corrected chi connectivity index (χ0v) is 11.4. The summed E-state index contributed by atoms with van der Waals surface area (Å²) in [6, 6.07) is 6.73. The lowest BCUT2D eigenvalue weighted by Gasteiger charge is -2.35. The minimum Gasteiger partial charge on any atom is -0.394 e. The predicted octanol–water partition coefficient (Wildman–Crippen LogP) is 2.01. The Hall–Kier alpha value is -1.13. The van der Waals surface area contributed by atoms with Crippen LogP contribution in [0.1, 0.15) is 20.8 Å². The molecule has 1 aromatic carbocycles. The van der Waals surface area contributed by atoms with Gasteiger partial charge in [-0.15, -0.1) is 0 Å². The van der Waals surface area contributed by atoms with Crippen LogP contribution in [-0.4, -0.2) is 36.9 Å². The summed E-state index contributed by atoms with van der Waals surface area (Å²) < 4.78 is 13.8. The Labute approximate surface area is 109 Å². The van der Waals surface area contributed by atoms with E-state index in [4.69, 9.17) is 0 Å². The van der Waals surface area contributed by atoms with Crippen molar-refractivity contribution in [2.45, 2.75) is 26.3 Å². The maximum atomic E-state index is 13.8. The molecular formula is C14H23FN2O. The van der Waals surface area contributed by atoms with Gasteiger partial charge < -0.3 is 15.3 Å². The number of rotatable bonds is 7. The van der Waals surface area contributed by atoms with Crippen LogP contribution in [-0.2, 0) is 0 Å². The molecule has 0 heterocycles. The lowest BCUT2D eigenvalue weighted by Crippen LogP contribution is -2.54. The molecule has 4 heteroatoms. The maximum absolute atomic E-state index is 13.8. The van der Waals surface area contributed by atoms with Crippen molar-refractivity contribution in [3.63, 3.8) is 0 Å². The Balaban J connectivity index is 2.88. The SMILES string of the molecule is CCNC(C)(CO)CN(CC)c1ccccc1F. The highest BCUT2D eigenvalue weighted by Crippen LogP contribution is 2.20. The van der Waals surface area contributed by atoms with Gasteiger partial charge >= 0.3 is 0 Å². The van der Waals surface area contributed by atoms with E-state index in [1.807, 2.05) is 31.7 Å². The molecule has 1 unspecified atom stereocenters. The topological polar surface area (TPSA) is 35.5 Å². The molecule has 0 aliphatic carbocycles. The zero-order valence-electron chi connectivity index (χ0n) is 11.4. The highest BCUT2D eigenvalue weighted by atomic mass is 19.1. The molecular weight excluding hydrogens is 231 g/mol. The first kappa shape index (κ1) is 14.9. The summed E-state index contributed by atoms with van der Waals surface area (Å²) in [4.78, 5) is 1.94. The summed E-state index contributed by atoms with van der Waals surface area (Å²) in [5, 5.41) is 12.7. The molecule has 1 atom stereocenters.